The quantitative estimate of drug-likeness (QED) is 0.596. The number of imide groups is 1. The van der Waals surface area contributed by atoms with Gasteiger partial charge in [-0.25, -0.2) is 9.59 Å². The van der Waals surface area contributed by atoms with E-state index in [2.05, 4.69) is 5.32 Å². The Morgan fingerprint density at radius 1 is 1.44 bits per heavy atom. The van der Waals surface area contributed by atoms with Crippen LogP contribution in [0.5, 0.6) is 0 Å². The molecule has 18 heavy (non-hydrogen) atoms. The molecule has 0 saturated carbocycles. The number of amides is 4. The zero-order valence-corrected chi connectivity index (χ0v) is 10.1. The van der Waals surface area contributed by atoms with Crippen molar-refractivity contribution in [3.05, 3.63) is 0 Å². The minimum absolute atomic E-state index is 0.122. The average molecular weight is 259 g/mol. The van der Waals surface area contributed by atoms with Crippen molar-refractivity contribution in [2.75, 3.05) is 19.8 Å². The zero-order chi connectivity index (χ0) is 13.3. The third-order valence-electron chi connectivity index (χ3n) is 3.20. The normalized spacial score (nSPS) is 32.9. The van der Waals surface area contributed by atoms with Crippen molar-refractivity contribution >= 4 is 12.1 Å². The van der Waals surface area contributed by atoms with Crippen molar-refractivity contribution in [1.29, 1.82) is 0 Å². The van der Waals surface area contributed by atoms with E-state index < -0.39 is 30.5 Å². The van der Waals surface area contributed by atoms with Crippen molar-refractivity contribution in [2.45, 2.75) is 31.8 Å². The Morgan fingerprint density at radius 3 is 2.72 bits per heavy atom. The molecule has 0 unspecified atom stereocenters. The molecule has 2 fully saturated rings. The Hall–Kier alpha value is -1.38. The summed E-state index contributed by atoms with van der Waals surface area (Å²) in [4.78, 5) is 25.9. The molecule has 4 amide bonds. The Balaban J connectivity index is 2.04. The number of nitrogens with zero attached hydrogens (tertiary/aromatic N) is 2. The fourth-order valence-corrected chi connectivity index (χ4v) is 2.09. The number of carbonyl (C=O) groups excluding carboxylic acids is 2. The molecule has 8 heteroatoms. The SMILES string of the molecule is CCN1CN([C@H]2C[C@H](O)[C@@H](CO)O2)C(=O)NC1=O. The van der Waals surface area contributed by atoms with Crippen molar-refractivity contribution in [1.82, 2.24) is 15.1 Å². The van der Waals surface area contributed by atoms with Crippen LogP contribution in [-0.4, -0.2) is 70.3 Å². The van der Waals surface area contributed by atoms with Gasteiger partial charge >= 0.3 is 12.1 Å². The molecule has 0 radical (unpaired) electrons. The lowest BCUT2D eigenvalue weighted by atomic mass is 10.2. The van der Waals surface area contributed by atoms with Crippen LogP contribution in [0.3, 0.4) is 0 Å². The van der Waals surface area contributed by atoms with E-state index in [9.17, 15) is 14.7 Å². The molecule has 2 aliphatic rings. The molecule has 0 aliphatic carbocycles. The van der Waals surface area contributed by atoms with E-state index >= 15 is 0 Å². The second-order valence-electron chi connectivity index (χ2n) is 4.32. The van der Waals surface area contributed by atoms with Gasteiger partial charge in [0.05, 0.1) is 12.7 Å². The van der Waals surface area contributed by atoms with E-state index in [-0.39, 0.29) is 19.7 Å². The summed E-state index contributed by atoms with van der Waals surface area (Å²) in [7, 11) is 0. The minimum atomic E-state index is -0.805. The van der Waals surface area contributed by atoms with Crippen LogP contribution in [0.4, 0.5) is 9.59 Å². The summed E-state index contributed by atoms with van der Waals surface area (Å²) < 4.78 is 5.39. The van der Waals surface area contributed by atoms with Crippen molar-refractivity contribution in [3.8, 4) is 0 Å². The highest BCUT2D eigenvalue weighted by Gasteiger charge is 2.41. The van der Waals surface area contributed by atoms with Crippen LogP contribution < -0.4 is 5.32 Å². The fraction of sp³-hybridized carbons (Fsp3) is 0.800. The number of urea groups is 2. The third kappa shape index (κ3) is 2.26. The van der Waals surface area contributed by atoms with E-state index in [0.717, 1.165) is 0 Å². The minimum Gasteiger partial charge on any atom is -0.394 e. The second-order valence-corrected chi connectivity index (χ2v) is 4.32. The molecule has 2 saturated heterocycles. The largest absolute Gasteiger partial charge is 0.394 e. The van der Waals surface area contributed by atoms with Gasteiger partial charge in [0.25, 0.3) is 0 Å². The van der Waals surface area contributed by atoms with Gasteiger partial charge in [-0.1, -0.05) is 0 Å². The first-order chi connectivity index (χ1) is 8.56. The number of aliphatic hydroxyl groups is 2. The first kappa shape index (κ1) is 13.1. The Kier molecular flexibility index (Phi) is 3.69. The highest BCUT2D eigenvalue weighted by Crippen LogP contribution is 2.24. The number of carbonyl (C=O) groups is 2. The number of rotatable bonds is 3. The van der Waals surface area contributed by atoms with E-state index in [1.165, 1.54) is 9.80 Å². The van der Waals surface area contributed by atoms with Crippen LogP contribution in [0.25, 0.3) is 0 Å². The first-order valence-electron chi connectivity index (χ1n) is 5.87. The lowest BCUT2D eigenvalue weighted by Gasteiger charge is -2.37. The summed E-state index contributed by atoms with van der Waals surface area (Å²) in [6.07, 6.45) is -1.89. The predicted octanol–water partition coefficient (Wildman–Crippen LogP) is -1.12. The van der Waals surface area contributed by atoms with Gasteiger partial charge in [-0.05, 0) is 6.92 Å². The first-order valence-corrected chi connectivity index (χ1v) is 5.87. The molecule has 2 rings (SSSR count). The van der Waals surface area contributed by atoms with Crippen LogP contribution >= 0.6 is 0 Å². The van der Waals surface area contributed by atoms with Crippen LogP contribution in [0.15, 0.2) is 0 Å². The van der Waals surface area contributed by atoms with E-state index in [4.69, 9.17) is 9.84 Å². The molecular weight excluding hydrogens is 242 g/mol. The monoisotopic (exact) mass is 259 g/mol. The Labute approximate surface area is 104 Å². The van der Waals surface area contributed by atoms with Crippen LogP contribution in [0, 0.1) is 0 Å². The molecule has 3 N–H and O–H groups in total. The summed E-state index contributed by atoms with van der Waals surface area (Å²) in [5.41, 5.74) is 0. The molecule has 8 nitrogen and oxygen atoms in total. The topological polar surface area (TPSA) is 102 Å². The highest BCUT2D eigenvalue weighted by molar-refractivity contribution is 5.95. The molecular formula is C10H17N3O5. The standard InChI is InChI=1S/C10H17N3O5/c1-2-12-5-13(10(17)11-9(12)16)8-3-6(15)7(4-14)18-8/h6-8,14-15H,2-5H2,1H3,(H,11,16,17)/t6-,7+,8+/m0/s1. The third-order valence-corrected chi connectivity index (χ3v) is 3.20. The maximum atomic E-state index is 11.7. The molecule has 3 atom stereocenters. The Bertz CT molecular complexity index is 350. The number of hydrogen-bond acceptors (Lipinski definition) is 5. The number of aliphatic hydroxyl groups excluding tert-OH is 2. The van der Waals surface area contributed by atoms with Gasteiger partial charge in [0.15, 0.2) is 0 Å². The van der Waals surface area contributed by atoms with E-state index in [1.807, 2.05) is 0 Å². The summed E-state index contributed by atoms with van der Waals surface area (Å²) in [5, 5.41) is 20.8. The summed E-state index contributed by atoms with van der Waals surface area (Å²) in [6, 6.07) is -0.975. The van der Waals surface area contributed by atoms with Gasteiger partial charge in [0.2, 0.25) is 0 Å². The van der Waals surface area contributed by atoms with Gasteiger partial charge in [-0.15, -0.1) is 0 Å². The van der Waals surface area contributed by atoms with Gasteiger partial charge in [-0.3, -0.25) is 10.2 Å². The van der Waals surface area contributed by atoms with E-state index in [0.29, 0.717) is 6.54 Å². The smallest absolute Gasteiger partial charge is 0.328 e. The maximum Gasteiger partial charge on any atom is 0.328 e. The van der Waals surface area contributed by atoms with Gasteiger partial charge in [-0.2, -0.15) is 0 Å². The number of ether oxygens (including phenoxy) is 1. The summed E-state index contributed by atoms with van der Waals surface area (Å²) >= 11 is 0. The molecule has 0 bridgehead atoms. The highest BCUT2D eigenvalue weighted by atomic mass is 16.5. The van der Waals surface area contributed by atoms with Crippen molar-refractivity contribution in [3.63, 3.8) is 0 Å². The van der Waals surface area contributed by atoms with Crippen molar-refractivity contribution < 1.29 is 24.5 Å². The van der Waals surface area contributed by atoms with Crippen LogP contribution in [0.2, 0.25) is 0 Å². The molecule has 2 heterocycles. The van der Waals surface area contributed by atoms with Gasteiger partial charge in [0.1, 0.15) is 19.0 Å². The maximum absolute atomic E-state index is 11.7. The molecule has 0 aromatic heterocycles. The lowest BCUT2D eigenvalue weighted by molar-refractivity contribution is -0.0746. The number of nitrogens with one attached hydrogen (secondary N) is 1. The van der Waals surface area contributed by atoms with Crippen LogP contribution in [0.1, 0.15) is 13.3 Å². The molecule has 0 aromatic carbocycles. The average Bonchev–Trinajstić information content (AvgIpc) is 2.70. The molecule has 0 spiro atoms. The number of hydrogen-bond donors (Lipinski definition) is 3. The van der Waals surface area contributed by atoms with E-state index in [1.54, 1.807) is 6.92 Å². The molecule has 102 valence electrons. The predicted molar refractivity (Wildman–Crippen MR) is 59.4 cm³/mol. The summed E-state index contributed by atoms with van der Waals surface area (Å²) in [6.45, 7) is 2.09. The molecule has 0 aromatic rings. The molecule has 2 aliphatic heterocycles. The van der Waals surface area contributed by atoms with Crippen LogP contribution in [-0.2, 0) is 4.74 Å². The lowest BCUT2D eigenvalue weighted by Crippen LogP contribution is -2.61. The van der Waals surface area contributed by atoms with Gasteiger partial charge in [0, 0.05) is 13.0 Å². The van der Waals surface area contributed by atoms with Gasteiger partial charge < -0.3 is 19.8 Å². The summed E-state index contributed by atoms with van der Waals surface area (Å²) in [5.74, 6) is 0. The fourth-order valence-electron chi connectivity index (χ4n) is 2.09. The Morgan fingerprint density at radius 2 is 2.17 bits per heavy atom. The van der Waals surface area contributed by atoms with Crippen molar-refractivity contribution in [2.24, 2.45) is 0 Å². The second kappa shape index (κ2) is 5.09. The zero-order valence-electron chi connectivity index (χ0n) is 10.1.